The molecule has 0 saturated carbocycles. The molecule has 3 nitrogen and oxygen atoms in total. The van der Waals surface area contributed by atoms with Crippen LogP contribution in [0.3, 0.4) is 0 Å². The first-order chi connectivity index (χ1) is 6.63. The molecule has 0 aliphatic rings. The van der Waals surface area contributed by atoms with E-state index in [0.717, 1.165) is 0 Å². The minimum atomic E-state index is -1.54. The van der Waals surface area contributed by atoms with Gasteiger partial charge in [-0.05, 0) is 12.1 Å². The number of fused-ring (bicyclic) bond motifs is 1. The fraction of sp³-hybridized carbons (Fsp3) is 0. The van der Waals surface area contributed by atoms with Gasteiger partial charge >= 0.3 is 6.09 Å². The highest BCUT2D eigenvalue weighted by Crippen LogP contribution is 2.22. The van der Waals surface area contributed by atoms with E-state index < -0.39 is 17.9 Å². The minimum absolute atomic E-state index is 0.00926. The van der Waals surface area contributed by atoms with Crippen molar-refractivity contribution in [3.05, 3.63) is 36.0 Å². The molecule has 0 aliphatic carbocycles. The van der Waals surface area contributed by atoms with Gasteiger partial charge in [-0.25, -0.2) is 13.8 Å². The molecule has 72 valence electrons. The van der Waals surface area contributed by atoms with E-state index in [1.54, 1.807) is 0 Å². The number of hydrogen-bond donors (Lipinski definition) is 1. The minimum Gasteiger partial charge on any atom is -0.464 e. The van der Waals surface area contributed by atoms with E-state index in [-0.39, 0.29) is 15.5 Å². The lowest BCUT2D eigenvalue weighted by Crippen LogP contribution is -2.10. The maximum atomic E-state index is 13.1. The SMILES string of the molecule is O=C(O)n1c(F)c(F)c2ccccc21. The van der Waals surface area contributed by atoms with E-state index in [9.17, 15) is 13.6 Å². The number of carboxylic acid groups (broad SMARTS) is 1. The second kappa shape index (κ2) is 2.80. The second-order valence-corrected chi connectivity index (χ2v) is 2.74. The van der Waals surface area contributed by atoms with Gasteiger partial charge in [0.2, 0.25) is 5.95 Å². The molecule has 0 atom stereocenters. The van der Waals surface area contributed by atoms with Crippen molar-refractivity contribution in [2.45, 2.75) is 0 Å². The predicted molar refractivity (Wildman–Crippen MR) is 45.3 cm³/mol. The normalized spacial score (nSPS) is 10.7. The number of nitrogens with zero attached hydrogens (tertiary/aromatic N) is 1. The van der Waals surface area contributed by atoms with Gasteiger partial charge in [-0.2, -0.15) is 4.39 Å². The molecule has 5 heteroatoms. The number of para-hydroxylation sites is 1. The van der Waals surface area contributed by atoms with Gasteiger partial charge in [-0.15, -0.1) is 0 Å². The summed E-state index contributed by atoms with van der Waals surface area (Å²) in [6.07, 6.45) is -1.54. The molecule has 1 N–H and O–H groups in total. The average molecular weight is 197 g/mol. The molecule has 1 aromatic heterocycles. The van der Waals surface area contributed by atoms with Crippen LogP contribution in [0.5, 0.6) is 0 Å². The third-order valence-electron chi connectivity index (χ3n) is 1.95. The third kappa shape index (κ3) is 0.985. The zero-order valence-corrected chi connectivity index (χ0v) is 6.87. The van der Waals surface area contributed by atoms with Crippen LogP contribution >= 0.6 is 0 Å². The van der Waals surface area contributed by atoms with Gasteiger partial charge in [0.15, 0.2) is 5.82 Å². The number of benzene rings is 1. The molecular weight excluding hydrogens is 192 g/mol. The van der Waals surface area contributed by atoms with Crippen molar-refractivity contribution in [2.75, 3.05) is 0 Å². The lowest BCUT2D eigenvalue weighted by atomic mass is 10.2. The topological polar surface area (TPSA) is 42.2 Å². The molecule has 0 spiro atoms. The Hall–Kier alpha value is -1.91. The molecule has 2 aromatic rings. The Labute approximate surface area is 77.2 Å². The van der Waals surface area contributed by atoms with Crippen molar-refractivity contribution in [1.29, 1.82) is 0 Å². The zero-order valence-electron chi connectivity index (χ0n) is 6.87. The number of carbonyl (C=O) groups is 1. The molecule has 0 saturated heterocycles. The van der Waals surface area contributed by atoms with E-state index in [1.165, 1.54) is 24.3 Å². The van der Waals surface area contributed by atoms with Crippen LogP contribution in [0.25, 0.3) is 10.9 Å². The first-order valence-electron chi connectivity index (χ1n) is 3.80. The summed E-state index contributed by atoms with van der Waals surface area (Å²) in [5.74, 6) is -2.51. The Morgan fingerprint density at radius 1 is 1.29 bits per heavy atom. The number of halogens is 2. The monoisotopic (exact) mass is 197 g/mol. The molecule has 1 aromatic carbocycles. The molecule has 0 radical (unpaired) electrons. The number of hydrogen-bond acceptors (Lipinski definition) is 1. The molecule has 0 fully saturated rings. The summed E-state index contributed by atoms with van der Waals surface area (Å²) >= 11 is 0. The second-order valence-electron chi connectivity index (χ2n) is 2.74. The Kier molecular flexibility index (Phi) is 1.73. The summed E-state index contributed by atoms with van der Waals surface area (Å²) in [6, 6.07) is 5.69. The van der Waals surface area contributed by atoms with Crippen molar-refractivity contribution in [3.8, 4) is 0 Å². The largest absolute Gasteiger partial charge is 0.464 e. The van der Waals surface area contributed by atoms with Gasteiger partial charge in [-0.1, -0.05) is 12.1 Å². The fourth-order valence-electron chi connectivity index (χ4n) is 1.36. The van der Waals surface area contributed by atoms with E-state index in [1.807, 2.05) is 0 Å². The third-order valence-corrected chi connectivity index (χ3v) is 1.95. The van der Waals surface area contributed by atoms with Crippen LogP contribution in [0.15, 0.2) is 24.3 Å². The standard InChI is InChI=1S/C9H5F2NO2/c10-7-5-3-1-2-4-6(5)12(8(7)11)9(13)14/h1-4H,(H,13,14). The maximum Gasteiger partial charge on any atom is 0.418 e. The highest BCUT2D eigenvalue weighted by atomic mass is 19.2. The molecule has 2 rings (SSSR count). The van der Waals surface area contributed by atoms with E-state index in [0.29, 0.717) is 0 Å². The fourth-order valence-corrected chi connectivity index (χ4v) is 1.36. The van der Waals surface area contributed by atoms with E-state index >= 15 is 0 Å². The van der Waals surface area contributed by atoms with Crippen LogP contribution in [-0.4, -0.2) is 15.8 Å². The Bertz CT molecular complexity index is 519. The van der Waals surface area contributed by atoms with Gasteiger partial charge in [0.1, 0.15) is 0 Å². The van der Waals surface area contributed by atoms with Crippen molar-refractivity contribution in [3.63, 3.8) is 0 Å². The van der Waals surface area contributed by atoms with Crippen molar-refractivity contribution in [2.24, 2.45) is 0 Å². The van der Waals surface area contributed by atoms with Crippen LogP contribution in [0, 0.1) is 11.8 Å². The van der Waals surface area contributed by atoms with Crippen molar-refractivity contribution < 1.29 is 18.7 Å². The van der Waals surface area contributed by atoms with Gasteiger partial charge in [-0.3, -0.25) is 0 Å². The average Bonchev–Trinajstić information content (AvgIpc) is 2.41. The Balaban J connectivity index is 2.95. The predicted octanol–water partition coefficient (Wildman–Crippen LogP) is 2.45. The van der Waals surface area contributed by atoms with Crippen LogP contribution in [0.4, 0.5) is 13.6 Å². The first kappa shape index (κ1) is 8.68. The molecule has 0 aliphatic heterocycles. The highest BCUT2D eigenvalue weighted by molar-refractivity contribution is 5.89. The maximum absolute atomic E-state index is 13.1. The lowest BCUT2D eigenvalue weighted by Gasteiger charge is -1.96. The van der Waals surface area contributed by atoms with Crippen molar-refractivity contribution in [1.82, 2.24) is 4.57 Å². The molecule has 0 amide bonds. The van der Waals surface area contributed by atoms with E-state index in [2.05, 4.69) is 0 Å². The summed E-state index contributed by atoms with van der Waals surface area (Å²) in [6.45, 7) is 0. The van der Waals surface area contributed by atoms with Crippen LogP contribution in [0.1, 0.15) is 0 Å². The highest BCUT2D eigenvalue weighted by Gasteiger charge is 2.20. The summed E-state index contributed by atoms with van der Waals surface area (Å²) in [5, 5.41) is 8.60. The first-order valence-corrected chi connectivity index (χ1v) is 3.80. The van der Waals surface area contributed by atoms with Crippen LogP contribution in [-0.2, 0) is 0 Å². The van der Waals surface area contributed by atoms with Gasteiger partial charge in [0.05, 0.1) is 5.52 Å². The Morgan fingerprint density at radius 2 is 1.93 bits per heavy atom. The van der Waals surface area contributed by atoms with E-state index in [4.69, 9.17) is 5.11 Å². The summed E-state index contributed by atoms with van der Waals surface area (Å²) in [4.78, 5) is 10.6. The molecule has 14 heavy (non-hydrogen) atoms. The molecular formula is C9H5F2NO2. The lowest BCUT2D eigenvalue weighted by molar-refractivity contribution is 0.193. The van der Waals surface area contributed by atoms with Gasteiger partial charge < -0.3 is 5.11 Å². The quantitative estimate of drug-likeness (QED) is 0.704. The van der Waals surface area contributed by atoms with Crippen molar-refractivity contribution >= 4 is 17.0 Å². The van der Waals surface area contributed by atoms with Crippen LogP contribution < -0.4 is 0 Å². The van der Waals surface area contributed by atoms with Gasteiger partial charge in [0, 0.05) is 5.39 Å². The summed E-state index contributed by atoms with van der Waals surface area (Å²) < 4.78 is 26.5. The smallest absolute Gasteiger partial charge is 0.418 e. The molecule has 1 heterocycles. The number of rotatable bonds is 0. The zero-order chi connectivity index (χ0) is 10.3. The summed E-state index contributed by atoms with van der Waals surface area (Å²) in [7, 11) is 0. The molecule has 0 bridgehead atoms. The number of aromatic nitrogens is 1. The summed E-state index contributed by atoms with van der Waals surface area (Å²) in [5.41, 5.74) is 0.00926. The Morgan fingerprint density at radius 3 is 2.57 bits per heavy atom. The van der Waals surface area contributed by atoms with Gasteiger partial charge in [0.25, 0.3) is 0 Å². The molecule has 0 unspecified atom stereocenters. The van der Waals surface area contributed by atoms with Crippen LogP contribution in [0.2, 0.25) is 0 Å².